The SMILES string of the molecule is O=C(Cl)OCc1ccc2c(c1)OCO2. The summed E-state index contributed by atoms with van der Waals surface area (Å²) in [6.45, 7) is 0.368. The molecule has 0 unspecified atom stereocenters. The predicted octanol–water partition coefficient (Wildman–Crippen LogP) is 2.29. The van der Waals surface area contributed by atoms with Gasteiger partial charge in [-0.3, -0.25) is 0 Å². The van der Waals surface area contributed by atoms with Crippen LogP contribution in [0.15, 0.2) is 18.2 Å². The van der Waals surface area contributed by atoms with Crippen molar-refractivity contribution >= 4 is 17.0 Å². The molecule has 0 atom stereocenters. The summed E-state index contributed by atoms with van der Waals surface area (Å²) in [6.07, 6.45) is 0. The van der Waals surface area contributed by atoms with E-state index in [4.69, 9.17) is 21.1 Å². The van der Waals surface area contributed by atoms with Gasteiger partial charge in [-0.2, -0.15) is 0 Å². The predicted molar refractivity (Wildman–Crippen MR) is 48.6 cm³/mol. The molecular formula is C9H7ClO4. The number of benzene rings is 1. The molecule has 0 saturated heterocycles. The number of carbonyl (C=O) groups excluding carboxylic acids is 1. The van der Waals surface area contributed by atoms with Crippen molar-refractivity contribution in [3.05, 3.63) is 23.8 Å². The van der Waals surface area contributed by atoms with E-state index in [9.17, 15) is 4.79 Å². The van der Waals surface area contributed by atoms with Gasteiger partial charge in [0.05, 0.1) is 0 Å². The summed E-state index contributed by atoms with van der Waals surface area (Å²) in [4.78, 5) is 10.3. The third kappa shape index (κ3) is 1.90. The van der Waals surface area contributed by atoms with Crippen LogP contribution in [0.2, 0.25) is 0 Å². The lowest BCUT2D eigenvalue weighted by atomic mass is 10.2. The van der Waals surface area contributed by atoms with Crippen molar-refractivity contribution in [3.63, 3.8) is 0 Å². The number of hydrogen-bond donors (Lipinski definition) is 0. The maximum absolute atomic E-state index is 10.3. The molecule has 1 heterocycles. The molecule has 0 N–H and O–H groups in total. The average molecular weight is 215 g/mol. The van der Waals surface area contributed by atoms with E-state index in [0.29, 0.717) is 11.5 Å². The van der Waals surface area contributed by atoms with Gasteiger partial charge in [0.25, 0.3) is 0 Å². The monoisotopic (exact) mass is 214 g/mol. The topological polar surface area (TPSA) is 44.8 Å². The third-order valence-corrected chi connectivity index (χ3v) is 1.90. The molecule has 0 aromatic heterocycles. The molecule has 0 aliphatic carbocycles. The first kappa shape index (κ1) is 9.15. The summed E-state index contributed by atoms with van der Waals surface area (Å²) in [7, 11) is 0. The lowest BCUT2D eigenvalue weighted by molar-refractivity contribution is 0.166. The highest BCUT2D eigenvalue weighted by Gasteiger charge is 2.13. The third-order valence-electron chi connectivity index (χ3n) is 1.79. The molecule has 0 amide bonds. The Balaban J connectivity index is 2.09. The van der Waals surface area contributed by atoms with Gasteiger partial charge in [0.1, 0.15) is 6.61 Å². The highest BCUT2D eigenvalue weighted by Crippen LogP contribution is 2.32. The van der Waals surface area contributed by atoms with Crippen LogP contribution in [-0.4, -0.2) is 12.2 Å². The van der Waals surface area contributed by atoms with E-state index in [-0.39, 0.29) is 13.4 Å². The number of rotatable bonds is 2. The van der Waals surface area contributed by atoms with Crippen LogP contribution in [0, 0.1) is 0 Å². The fourth-order valence-electron chi connectivity index (χ4n) is 1.17. The van der Waals surface area contributed by atoms with E-state index in [1.807, 2.05) is 0 Å². The number of hydrogen-bond acceptors (Lipinski definition) is 4. The van der Waals surface area contributed by atoms with E-state index >= 15 is 0 Å². The molecule has 2 rings (SSSR count). The Morgan fingerprint density at radius 3 is 3.00 bits per heavy atom. The first-order valence-corrected chi connectivity index (χ1v) is 4.34. The number of carbonyl (C=O) groups is 1. The molecule has 1 aromatic rings. The van der Waals surface area contributed by atoms with Gasteiger partial charge >= 0.3 is 5.43 Å². The van der Waals surface area contributed by atoms with Crippen molar-refractivity contribution in [1.29, 1.82) is 0 Å². The zero-order valence-corrected chi connectivity index (χ0v) is 7.91. The maximum Gasteiger partial charge on any atom is 0.404 e. The minimum absolute atomic E-state index is 0.138. The Morgan fingerprint density at radius 1 is 1.43 bits per heavy atom. The molecule has 0 fully saturated rings. The number of halogens is 1. The second-order valence-electron chi connectivity index (χ2n) is 2.71. The Morgan fingerprint density at radius 2 is 2.21 bits per heavy atom. The second-order valence-corrected chi connectivity index (χ2v) is 3.02. The lowest BCUT2D eigenvalue weighted by Crippen LogP contribution is -1.94. The standard InChI is InChI=1S/C9H7ClO4/c10-9(11)12-4-6-1-2-7-8(3-6)14-5-13-7/h1-3H,4-5H2. The van der Waals surface area contributed by atoms with E-state index in [1.54, 1.807) is 18.2 Å². The van der Waals surface area contributed by atoms with Gasteiger partial charge in [-0.05, 0) is 17.7 Å². The summed E-state index contributed by atoms with van der Waals surface area (Å²) in [5, 5.41) is 0. The molecule has 0 saturated carbocycles. The van der Waals surface area contributed by atoms with Gasteiger partial charge in [-0.15, -0.1) is 0 Å². The van der Waals surface area contributed by atoms with Crippen LogP contribution < -0.4 is 9.47 Å². The minimum atomic E-state index is -0.817. The molecule has 0 spiro atoms. The minimum Gasteiger partial charge on any atom is -0.454 e. The Hall–Kier alpha value is -1.42. The normalized spacial score (nSPS) is 12.6. The summed E-state index contributed by atoms with van der Waals surface area (Å²) < 4.78 is 14.9. The molecule has 0 radical (unpaired) electrons. The largest absolute Gasteiger partial charge is 0.454 e. The van der Waals surface area contributed by atoms with Gasteiger partial charge in [-0.1, -0.05) is 6.07 Å². The average Bonchev–Trinajstić information content (AvgIpc) is 2.61. The van der Waals surface area contributed by atoms with Crippen LogP contribution in [0.4, 0.5) is 4.79 Å². The van der Waals surface area contributed by atoms with Crippen LogP contribution >= 0.6 is 11.6 Å². The van der Waals surface area contributed by atoms with Gasteiger partial charge in [0, 0.05) is 11.6 Å². The first-order valence-electron chi connectivity index (χ1n) is 3.96. The fraction of sp³-hybridized carbons (Fsp3) is 0.222. The molecular weight excluding hydrogens is 208 g/mol. The van der Waals surface area contributed by atoms with Crippen molar-refractivity contribution in [2.45, 2.75) is 6.61 Å². The van der Waals surface area contributed by atoms with Gasteiger partial charge < -0.3 is 14.2 Å². The van der Waals surface area contributed by atoms with Crippen LogP contribution in [0.25, 0.3) is 0 Å². The molecule has 1 aliphatic rings. The van der Waals surface area contributed by atoms with Crippen molar-refractivity contribution in [2.75, 3.05) is 6.79 Å². The zero-order chi connectivity index (χ0) is 9.97. The summed E-state index contributed by atoms with van der Waals surface area (Å²) in [6, 6.07) is 5.30. The van der Waals surface area contributed by atoms with Crippen molar-refractivity contribution < 1.29 is 19.0 Å². The van der Waals surface area contributed by atoms with Crippen LogP contribution in [0.5, 0.6) is 11.5 Å². The lowest BCUT2D eigenvalue weighted by Gasteiger charge is -2.02. The van der Waals surface area contributed by atoms with Crippen LogP contribution in [0.3, 0.4) is 0 Å². The van der Waals surface area contributed by atoms with Gasteiger partial charge in [-0.25, -0.2) is 4.79 Å². The first-order chi connectivity index (χ1) is 6.75. The van der Waals surface area contributed by atoms with Gasteiger partial charge in [0.2, 0.25) is 6.79 Å². The molecule has 74 valence electrons. The van der Waals surface area contributed by atoms with E-state index < -0.39 is 5.43 Å². The molecule has 14 heavy (non-hydrogen) atoms. The molecule has 1 aromatic carbocycles. The fourth-order valence-corrected chi connectivity index (χ4v) is 1.23. The Bertz CT molecular complexity index is 364. The quantitative estimate of drug-likeness (QED) is 0.709. The van der Waals surface area contributed by atoms with Gasteiger partial charge in [0.15, 0.2) is 11.5 Å². The van der Waals surface area contributed by atoms with Crippen LogP contribution in [0.1, 0.15) is 5.56 Å². The molecule has 1 aliphatic heterocycles. The summed E-state index contributed by atoms with van der Waals surface area (Å²) in [5.41, 5.74) is -0.00841. The molecule has 5 heteroatoms. The van der Waals surface area contributed by atoms with E-state index in [1.165, 1.54) is 0 Å². The highest BCUT2D eigenvalue weighted by molar-refractivity contribution is 6.61. The van der Waals surface area contributed by atoms with E-state index in [0.717, 1.165) is 5.56 Å². The Kier molecular flexibility index (Phi) is 2.45. The van der Waals surface area contributed by atoms with E-state index in [2.05, 4.69) is 4.74 Å². The highest BCUT2D eigenvalue weighted by atomic mass is 35.5. The number of ether oxygens (including phenoxy) is 3. The van der Waals surface area contributed by atoms with Crippen LogP contribution in [-0.2, 0) is 11.3 Å². The van der Waals surface area contributed by atoms with Crippen molar-refractivity contribution in [3.8, 4) is 11.5 Å². The second kappa shape index (κ2) is 3.75. The molecule has 0 bridgehead atoms. The molecule has 4 nitrogen and oxygen atoms in total. The zero-order valence-electron chi connectivity index (χ0n) is 7.16. The maximum atomic E-state index is 10.3. The number of fused-ring (bicyclic) bond motifs is 1. The smallest absolute Gasteiger partial charge is 0.404 e. The Labute approximate surface area is 85.3 Å². The summed E-state index contributed by atoms with van der Waals surface area (Å²) in [5.74, 6) is 1.36. The van der Waals surface area contributed by atoms with Crippen molar-refractivity contribution in [1.82, 2.24) is 0 Å². The van der Waals surface area contributed by atoms with Crippen molar-refractivity contribution in [2.24, 2.45) is 0 Å². The summed E-state index contributed by atoms with van der Waals surface area (Å²) >= 11 is 5.03.